The van der Waals surface area contributed by atoms with Crippen molar-refractivity contribution in [2.75, 3.05) is 32.4 Å². The molecule has 0 aliphatic heterocycles. The molecule has 6 nitrogen and oxygen atoms in total. The van der Waals surface area contributed by atoms with Crippen LogP contribution in [0.3, 0.4) is 0 Å². The summed E-state index contributed by atoms with van der Waals surface area (Å²) in [5.74, 6) is 0.855. The van der Waals surface area contributed by atoms with Gasteiger partial charge in [0, 0.05) is 13.6 Å². The van der Waals surface area contributed by atoms with Gasteiger partial charge in [-0.25, -0.2) is 10.2 Å². The first-order valence-electron chi connectivity index (χ1n) is 7.45. The first kappa shape index (κ1) is 20.2. The summed E-state index contributed by atoms with van der Waals surface area (Å²) in [6.45, 7) is 7.03. The molecule has 0 aromatic carbocycles. The van der Waals surface area contributed by atoms with Gasteiger partial charge in [-0.1, -0.05) is 6.42 Å². The van der Waals surface area contributed by atoms with Gasteiger partial charge >= 0.3 is 6.03 Å². The molecule has 7 heteroatoms. The summed E-state index contributed by atoms with van der Waals surface area (Å²) in [5, 5.41) is 7.47. The first-order valence-corrected chi connectivity index (χ1v) is 8.08. The Bertz CT molecular complexity index is 324. The number of nitrogens with one attached hydrogen (secondary N) is 3. The number of unbranched alkanes of at least 4 members (excludes halogenated alkanes) is 2. The molecule has 0 aromatic rings. The van der Waals surface area contributed by atoms with Crippen LogP contribution >= 0.6 is 12.6 Å². The first-order chi connectivity index (χ1) is 9.85. The van der Waals surface area contributed by atoms with Crippen LogP contribution in [0.1, 0.15) is 40.0 Å². The van der Waals surface area contributed by atoms with Gasteiger partial charge in [-0.05, 0) is 45.9 Å². The Hall–Kier alpha value is -0.790. The van der Waals surface area contributed by atoms with E-state index in [1.54, 1.807) is 20.9 Å². The molecular weight excluding hydrogens is 288 g/mol. The maximum Gasteiger partial charge on any atom is 0.332 e. The number of hydrazine groups is 1. The topological polar surface area (TPSA) is 73.5 Å². The fourth-order valence-electron chi connectivity index (χ4n) is 1.59. The van der Waals surface area contributed by atoms with Gasteiger partial charge in [-0.3, -0.25) is 9.80 Å². The number of carbonyl (C=O) groups excluding carboxylic acids is 2. The molecule has 3 N–H and O–H groups in total. The molecule has 21 heavy (non-hydrogen) atoms. The molecule has 124 valence electrons. The second-order valence-corrected chi connectivity index (χ2v) is 5.97. The number of rotatable bonds is 11. The van der Waals surface area contributed by atoms with E-state index in [0.29, 0.717) is 13.1 Å². The van der Waals surface area contributed by atoms with Gasteiger partial charge in [0.1, 0.15) is 0 Å². The van der Waals surface area contributed by atoms with E-state index < -0.39 is 5.54 Å². The van der Waals surface area contributed by atoms with E-state index in [2.05, 4.69) is 28.7 Å². The number of urea groups is 1. The van der Waals surface area contributed by atoms with Crippen LogP contribution < -0.4 is 16.1 Å². The van der Waals surface area contributed by atoms with Crippen molar-refractivity contribution in [1.82, 2.24) is 21.1 Å². The third-order valence-electron chi connectivity index (χ3n) is 3.34. The molecular formula is C14H30N4O2S. The summed E-state index contributed by atoms with van der Waals surface area (Å²) in [5.41, 5.74) is 1.98. The maximum absolute atomic E-state index is 12.1. The van der Waals surface area contributed by atoms with E-state index in [-0.39, 0.29) is 11.8 Å². The van der Waals surface area contributed by atoms with Gasteiger partial charge < -0.3 is 10.6 Å². The normalized spacial score (nSPS) is 11.3. The molecule has 0 saturated heterocycles. The number of ketones is 1. The van der Waals surface area contributed by atoms with Gasteiger partial charge in [0.05, 0.1) is 12.1 Å². The van der Waals surface area contributed by atoms with E-state index in [1.807, 2.05) is 0 Å². The highest BCUT2D eigenvalue weighted by molar-refractivity contribution is 7.80. The van der Waals surface area contributed by atoms with Gasteiger partial charge in [0.25, 0.3) is 0 Å². The lowest BCUT2D eigenvalue weighted by molar-refractivity contribution is -0.121. The lowest BCUT2D eigenvalue weighted by atomic mass is 10.0. The lowest BCUT2D eigenvalue weighted by Gasteiger charge is -2.28. The van der Waals surface area contributed by atoms with Crippen molar-refractivity contribution >= 4 is 24.4 Å². The molecule has 2 amide bonds. The standard InChI is InChI=1S/C14H30N4O2S/c1-12(19)14(2,3)17-13(20)18(15-4)10-9-16-8-6-5-7-11-21/h15-16,21H,5-11H2,1-4H3,(H,17,20). The molecule has 0 aliphatic carbocycles. The minimum Gasteiger partial charge on any atom is -0.325 e. The molecule has 0 atom stereocenters. The average molecular weight is 318 g/mol. The molecule has 0 radical (unpaired) electrons. The minimum atomic E-state index is -0.855. The van der Waals surface area contributed by atoms with Crippen molar-refractivity contribution in [3.05, 3.63) is 0 Å². The van der Waals surface area contributed by atoms with Crippen molar-refractivity contribution in [2.45, 2.75) is 45.6 Å². The molecule has 0 spiro atoms. The number of thiol groups is 1. The summed E-state index contributed by atoms with van der Waals surface area (Å²) in [6.07, 6.45) is 3.42. The van der Waals surface area contributed by atoms with E-state index in [1.165, 1.54) is 18.4 Å². The Labute approximate surface area is 133 Å². The molecule has 0 fully saturated rings. The third kappa shape index (κ3) is 8.95. The Morgan fingerprint density at radius 3 is 2.33 bits per heavy atom. The molecule has 0 saturated carbocycles. The van der Waals surface area contributed by atoms with Crippen LogP contribution in [0.25, 0.3) is 0 Å². The van der Waals surface area contributed by atoms with Gasteiger partial charge in [0.2, 0.25) is 0 Å². The Balaban J connectivity index is 3.99. The average Bonchev–Trinajstić information content (AvgIpc) is 2.41. The van der Waals surface area contributed by atoms with Crippen molar-refractivity contribution < 1.29 is 9.59 Å². The van der Waals surface area contributed by atoms with E-state index >= 15 is 0 Å². The summed E-state index contributed by atoms with van der Waals surface area (Å²) >= 11 is 4.17. The molecule has 0 unspecified atom stereocenters. The Morgan fingerprint density at radius 2 is 1.81 bits per heavy atom. The van der Waals surface area contributed by atoms with Crippen molar-refractivity contribution in [2.24, 2.45) is 0 Å². The van der Waals surface area contributed by atoms with Crippen molar-refractivity contribution in [3.63, 3.8) is 0 Å². The largest absolute Gasteiger partial charge is 0.332 e. The van der Waals surface area contributed by atoms with Gasteiger partial charge in [-0.2, -0.15) is 12.6 Å². The van der Waals surface area contributed by atoms with E-state index in [4.69, 9.17) is 0 Å². The predicted molar refractivity (Wildman–Crippen MR) is 89.6 cm³/mol. The zero-order valence-electron chi connectivity index (χ0n) is 13.7. The quantitative estimate of drug-likeness (QED) is 0.262. The highest BCUT2D eigenvalue weighted by atomic mass is 32.1. The highest BCUT2D eigenvalue weighted by Gasteiger charge is 2.27. The SMILES string of the molecule is CNN(CCNCCCCCS)C(=O)NC(C)(C)C(C)=O. The van der Waals surface area contributed by atoms with E-state index in [9.17, 15) is 9.59 Å². The molecule has 0 rings (SSSR count). The smallest absolute Gasteiger partial charge is 0.325 e. The zero-order chi connectivity index (χ0) is 16.3. The van der Waals surface area contributed by atoms with Crippen LogP contribution in [0.15, 0.2) is 0 Å². The van der Waals surface area contributed by atoms with Crippen LogP contribution in [0.2, 0.25) is 0 Å². The summed E-state index contributed by atoms with van der Waals surface area (Å²) in [6, 6.07) is -0.297. The summed E-state index contributed by atoms with van der Waals surface area (Å²) in [4.78, 5) is 23.5. The fraction of sp³-hybridized carbons (Fsp3) is 0.857. The monoisotopic (exact) mass is 318 g/mol. The predicted octanol–water partition coefficient (Wildman–Crippen LogP) is 1.19. The Kier molecular flexibility index (Phi) is 10.5. The number of carbonyl (C=O) groups is 2. The van der Waals surface area contributed by atoms with Crippen molar-refractivity contribution in [3.8, 4) is 0 Å². The van der Waals surface area contributed by atoms with Crippen LogP contribution in [0.5, 0.6) is 0 Å². The van der Waals surface area contributed by atoms with Crippen molar-refractivity contribution in [1.29, 1.82) is 0 Å². The van der Waals surface area contributed by atoms with Crippen LogP contribution in [0, 0.1) is 0 Å². The number of Topliss-reactive ketones (excluding diaryl/α,β-unsaturated/α-hetero) is 1. The molecule has 0 bridgehead atoms. The van der Waals surface area contributed by atoms with E-state index in [0.717, 1.165) is 25.1 Å². The zero-order valence-corrected chi connectivity index (χ0v) is 14.6. The minimum absolute atomic E-state index is 0.0748. The second kappa shape index (κ2) is 10.9. The van der Waals surface area contributed by atoms with Crippen LogP contribution in [-0.2, 0) is 4.79 Å². The molecule has 0 aromatic heterocycles. The van der Waals surface area contributed by atoms with Crippen LogP contribution in [-0.4, -0.2) is 54.8 Å². The number of hydrogen-bond acceptors (Lipinski definition) is 5. The Morgan fingerprint density at radius 1 is 1.14 bits per heavy atom. The maximum atomic E-state index is 12.1. The number of nitrogens with zero attached hydrogens (tertiary/aromatic N) is 1. The molecule has 0 aliphatic rings. The third-order valence-corrected chi connectivity index (χ3v) is 3.65. The fourth-order valence-corrected chi connectivity index (χ4v) is 1.82. The van der Waals surface area contributed by atoms with Crippen LogP contribution in [0.4, 0.5) is 4.79 Å². The highest BCUT2D eigenvalue weighted by Crippen LogP contribution is 2.04. The van der Waals surface area contributed by atoms with Gasteiger partial charge in [-0.15, -0.1) is 0 Å². The molecule has 0 heterocycles. The summed E-state index contributed by atoms with van der Waals surface area (Å²) in [7, 11) is 1.69. The summed E-state index contributed by atoms with van der Waals surface area (Å²) < 4.78 is 0. The number of hydrogen-bond donors (Lipinski definition) is 4. The van der Waals surface area contributed by atoms with Gasteiger partial charge in [0.15, 0.2) is 5.78 Å². The lowest BCUT2D eigenvalue weighted by Crippen LogP contribution is -2.57. The number of amides is 2. The second-order valence-electron chi connectivity index (χ2n) is 5.52.